The maximum absolute atomic E-state index is 5.34. The normalized spacial score (nSPS) is 10.5. The number of nitrogens with zero attached hydrogens (tertiary/aromatic N) is 2. The van der Waals surface area contributed by atoms with Gasteiger partial charge in [0.2, 0.25) is 5.82 Å². The molecule has 0 unspecified atom stereocenters. The highest BCUT2D eigenvalue weighted by atomic mass is 79.9. The first-order chi connectivity index (χ1) is 10.7. The Balaban J connectivity index is 1.95. The van der Waals surface area contributed by atoms with Gasteiger partial charge in [0, 0.05) is 15.6 Å². The molecular weight excluding hydrogens is 348 g/mol. The molecule has 5 nitrogen and oxygen atoms in total. The van der Waals surface area contributed by atoms with Crippen molar-refractivity contribution in [3.05, 3.63) is 46.9 Å². The summed E-state index contributed by atoms with van der Waals surface area (Å²) in [4.78, 5) is 4.42. The highest BCUT2D eigenvalue weighted by molar-refractivity contribution is 9.10. The molecule has 0 bridgehead atoms. The fourth-order valence-corrected chi connectivity index (χ4v) is 2.29. The number of halogens is 1. The minimum atomic E-state index is 0.430. The number of hydrogen-bond acceptors (Lipinski definition) is 5. The van der Waals surface area contributed by atoms with Crippen molar-refractivity contribution in [2.75, 3.05) is 14.2 Å². The van der Waals surface area contributed by atoms with Crippen molar-refractivity contribution in [3.63, 3.8) is 0 Å². The van der Waals surface area contributed by atoms with Gasteiger partial charge in [-0.05, 0) is 42.5 Å². The molecule has 0 radical (unpaired) electrons. The summed E-state index contributed by atoms with van der Waals surface area (Å²) < 4.78 is 16.8. The molecule has 0 N–H and O–H groups in total. The number of hydrogen-bond donors (Lipinski definition) is 0. The predicted octanol–water partition coefficient (Wildman–Crippen LogP) is 4.18. The molecule has 6 heteroatoms. The molecule has 0 saturated heterocycles. The Morgan fingerprint density at radius 1 is 0.909 bits per heavy atom. The first-order valence-electron chi connectivity index (χ1n) is 6.53. The van der Waals surface area contributed by atoms with Gasteiger partial charge in [0.1, 0.15) is 0 Å². The van der Waals surface area contributed by atoms with E-state index in [9.17, 15) is 0 Å². The lowest BCUT2D eigenvalue weighted by molar-refractivity contribution is 0.355. The lowest BCUT2D eigenvalue weighted by Crippen LogP contribution is -1.90. The largest absolute Gasteiger partial charge is 0.493 e. The maximum atomic E-state index is 5.34. The third kappa shape index (κ3) is 2.82. The Bertz CT molecular complexity index is 784. The molecule has 0 saturated carbocycles. The van der Waals surface area contributed by atoms with Crippen LogP contribution >= 0.6 is 15.9 Å². The van der Waals surface area contributed by atoms with Gasteiger partial charge in [0.15, 0.2) is 11.5 Å². The molecule has 0 aliphatic heterocycles. The second kappa shape index (κ2) is 6.19. The minimum absolute atomic E-state index is 0.430. The van der Waals surface area contributed by atoms with Crippen LogP contribution in [-0.4, -0.2) is 24.4 Å². The van der Waals surface area contributed by atoms with Crippen LogP contribution in [0.5, 0.6) is 11.5 Å². The highest BCUT2D eigenvalue weighted by Crippen LogP contribution is 2.32. The highest BCUT2D eigenvalue weighted by Gasteiger charge is 2.13. The van der Waals surface area contributed by atoms with E-state index in [-0.39, 0.29) is 0 Å². The van der Waals surface area contributed by atoms with Gasteiger partial charge in [-0.1, -0.05) is 21.1 Å². The van der Waals surface area contributed by atoms with Crippen LogP contribution in [0.4, 0.5) is 0 Å². The van der Waals surface area contributed by atoms with Crippen molar-refractivity contribution in [1.29, 1.82) is 0 Å². The topological polar surface area (TPSA) is 57.4 Å². The van der Waals surface area contributed by atoms with Crippen LogP contribution in [0.1, 0.15) is 0 Å². The van der Waals surface area contributed by atoms with E-state index in [0.717, 1.165) is 15.6 Å². The third-order valence-corrected chi connectivity index (χ3v) is 3.69. The molecule has 0 spiro atoms. The van der Waals surface area contributed by atoms with Crippen molar-refractivity contribution in [3.8, 4) is 34.3 Å². The van der Waals surface area contributed by atoms with Crippen molar-refractivity contribution < 1.29 is 14.0 Å². The van der Waals surface area contributed by atoms with E-state index in [4.69, 9.17) is 14.0 Å². The number of benzene rings is 2. The van der Waals surface area contributed by atoms with Crippen LogP contribution in [0, 0.1) is 0 Å². The number of aromatic nitrogens is 2. The van der Waals surface area contributed by atoms with Crippen molar-refractivity contribution >= 4 is 15.9 Å². The summed E-state index contributed by atoms with van der Waals surface area (Å²) in [7, 11) is 3.18. The standard InChI is InChI=1S/C16H13BrN2O3/c1-20-13-8-5-11(9-14(13)21-2)16-18-15(19-22-16)10-3-6-12(17)7-4-10/h3-9H,1-2H3. The molecule has 0 aliphatic carbocycles. The monoisotopic (exact) mass is 360 g/mol. The number of ether oxygens (including phenoxy) is 2. The fraction of sp³-hybridized carbons (Fsp3) is 0.125. The Morgan fingerprint density at radius 2 is 1.59 bits per heavy atom. The molecule has 0 atom stereocenters. The van der Waals surface area contributed by atoms with E-state index in [0.29, 0.717) is 23.2 Å². The quantitative estimate of drug-likeness (QED) is 0.698. The molecule has 112 valence electrons. The molecule has 1 heterocycles. The average Bonchev–Trinajstić information content (AvgIpc) is 3.05. The second-order valence-corrected chi connectivity index (χ2v) is 5.42. The van der Waals surface area contributed by atoms with Gasteiger partial charge in [-0.25, -0.2) is 0 Å². The summed E-state index contributed by atoms with van der Waals surface area (Å²) >= 11 is 3.40. The van der Waals surface area contributed by atoms with E-state index >= 15 is 0 Å². The zero-order valence-electron chi connectivity index (χ0n) is 12.0. The summed E-state index contributed by atoms with van der Waals surface area (Å²) in [6.45, 7) is 0. The minimum Gasteiger partial charge on any atom is -0.493 e. The molecule has 3 rings (SSSR count). The Labute approximate surface area is 136 Å². The molecule has 2 aromatic carbocycles. The Hall–Kier alpha value is -2.34. The smallest absolute Gasteiger partial charge is 0.258 e. The summed E-state index contributed by atoms with van der Waals surface area (Å²) in [6.07, 6.45) is 0. The number of methoxy groups -OCH3 is 2. The van der Waals surface area contributed by atoms with Gasteiger partial charge >= 0.3 is 0 Å². The zero-order chi connectivity index (χ0) is 15.5. The van der Waals surface area contributed by atoms with Gasteiger partial charge in [0.05, 0.1) is 14.2 Å². The first kappa shape index (κ1) is 14.6. The third-order valence-electron chi connectivity index (χ3n) is 3.16. The second-order valence-electron chi connectivity index (χ2n) is 4.50. The Morgan fingerprint density at radius 3 is 2.27 bits per heavy atom. The fourth-order valence-electron chi connectivity index (χ4n) is 2.03. The van der Waals surface area contributed by atoms with E-state index in [2.05, 4.69) is 26.1 Å². The summed E-state index contributed by atoms with van der Waals surface area (Å²) in [5.74, 6) is 2.23. The zero-order valence-corrected chi connectivity index (χ0v) is 13.6. The van der Waals surface area contributed by atoms with Gasteiger partial charge in [-0.3, -0.25) is 0 Å². The van der Waals surface area contributed by atoms with Gasteiger partial charge < -0.3 is 14.0 Å². The van der Waals surface area contributed by atoms with Crippen LogP contribution < -0.4 is 9.47 Å². The molecule has 3 aromatic rings. The molecule has 0 aliphatic rings. The van der Waals surface area contributed by atoms with Crippen LogP contribution in [-0.2, 0) is 0 Å². The molecule has 1 aromatic heterocycles. The lowest BCUT2D eigenvalue weighted by atomic mass is 10.2. The van der Waals surface area contributed by atoms with E-state index in [1.807, 2.05) is 30.3 Å². The molecule has 0 fully saturated rings. The molecule has 22 heavy (non-hydrogen) atoms. The van der Waals surface area contributed by atoms with E-state index < -0.39 is 0 Å². The lowest BCUT2D eigenvalue weighted by Gasteiger charge is -2.07. The van der Waals surface area contributed by atoms with Gasteiger partial charge in [-0.15, -0.1) is 0 Å². The van der Waals surface area contributed by atoms with E-state index in [1.165, 1.54) is 0 Å². The van der Waals surface area contributed by atoms with E-state index in [1.54, 1.807) is 26.4 Å². The first-order valence-corrected chi connectivity index (χ1v) is 7.32. The number of rotatable bonds is 4. The average molecular weight is 361 g/mol. The van der Waals surface area contributed by atoms with Crippen molar-refractivity contribution in [2.24, 2.45) is 0 Å². The summed E-state index contributed by atoms with van der Waals surface area (Å²) in [6, 6.07) is 13.2. The van der Waals surface area contributed by atoms with Crippen LogP contribution in [0.3, 0.4) is 0 Å². The van der Waals surface area contributed by atoms with Crippen molar-refractivity contribution in [2.45, 2.75) is 0 Å². The maximum Gasteiger partial charge on any atom is 0.258 e. The molecule has 0 amide bonds. The van der Waals surface area contributed by atoms with Gasteiger partial charge in [-0.2, -0.15) is 4.98 Å². The molecular formula is C16H13BrN2O3. The van der Waals surface area contributed by atoms with Crippen molar-refractivity contribution in [1.82, 2.24) is 10.1 Å². The summed E-state index contributed by atoms with van der Waals surface area (Å²) in [5, 5.41) is 4.02. The SMILES string of the molecule is COc1ccc(-c2nc(-c3ccc(Br)cc3)no2)cc1OC. The van der Waals surface area contributed by atoms with Crippen LogP contribution in [0.25, 0.3) is 22.8 Å². The van der Waals surface area contributed by atoms with Gasteiger partial charge in [0.25, 0.3) is 5.89 Å². The van der Waals surface area contributed by atoms with Crippen LogP contribution in [0.15, 0.2) is 51.5 Å². The summed E-state index contributed by atoms with van der Waals surface area (Å²) in [5.41, 5.74) is 1.66. The van der Waals surface area contributed by atoms with Crippen LogP contribution in [0.2, 0.25) is 0 Å². The predicted molar refractivity (Wildman–Crippen MR) is 86.0 cm³/mol. The Kier molecular flexibility index (Phi) is 4.11.